The lowest BCUT2D eigenvalue weighted by Gasteiger charge is -2.24. The van der Waals surface area contributed by atoms with E-state index in [0.717, 1.165) is 19.0 Å². The van der Waals surface area contributed by atoms with Crippen molar-refractivity contribution in [2.75, 3.05) is 41.2 Å². The molecule has 2 N–H and O–H groups in total. The van der Waals surface area contributed by atoms with E-state index in [1.807, 2.05) is 6.92 Å². The Kier molecular flexibility index (Phi) is 10.5. The average Bonchev–Trinajstić information content (AvgIpc) is 2.40. The van der Waals surface area contributed by atoms with Crippen LogP contribution >= 0.6 is 12.2 Å². The molecule has 0 fully saturated rings. The third kappa shape index (κ3) is 7.24. The molecule has 0 aromatic heterocycles. The smallest absolute Gasteiger partial charge is 0.377 e. The topological polar surface area (TPSA) is 61.0 Å². The SMILES string of the molecule is CCOCNC(=S)NCCC[Si](OC)(OC)OC. The van der Waals surface area contributed by atoms with Crippen LogP contribution in [0, 0.1) is 0 Å². The highest BCUT2D eigenvalue weighted by atomic mass is 32.1. The minimum Gasteiger partial charge on any atom is -0.377 e. The molecular weight excluding hydrogens is 272 g/mol. The second-order valence-electron chi connectivity index (χ2n) is 3.47. The van der Waals surface area contributed by atoms with Gasteiger partial charge in [0, 0.05) is 40.5 Å². The first-order valence-corrected chi connectivity index (χ1v) is 8.23. The standard InChI is InChI=1S/C10H24N2O4SSi/c1-5-16-9-12-10(17)11-7-6-8-18(13-2,14-3)15-4/h5-9H2,1-4H3,(H2,11,12,17). The summed E-state index contributed by atoms with van der Waals surface area (Å²) in [5.41, 5.74) is 0. The van der Waals surface area contributed by atoms with Crippen LogP contribution in [0.15, 0.2) is 0 Å². The van der Waals surface area contributed by atoms with Crippen molar-refractivity contribution in [3.8, 4) is 0 Å². The van der Waals surface area contributed by atoms with Crippen molar-refractivity contribution in [1.29, 1.82) is 0 Å². The first kappa shape index (κ1) is 17.7. The highest BCUT2D eigenvalue weighted by molar-refractivity contribution is 7.80. The van der Waals surface area contributed by atoms with E-state index >= 15 is 0 Å². The van der Waals surface area contributed by atoms with Gasteiger partial charge in [-0.1, -0.05) is 0 Å². The number of ether oxygens (including phenoxy) is 1. The van der Waals surface area contributed by atoms with Crippen molar-refractivity contribution in [2.24, 2.45) is 0 Å². The van der Waals surface area contributed by atoms with Crippen molar-refractivity contribution >= 4 is 26.1 Å². The fourth-order valence-electron chi connectivity index (χ4n) is 1.34. The van der Waals surface area contributed by atoms with Crippen molar-refractivity contribution in [3.05, 3.63) is 0 Å². The second kappa shape index (κ2) is 10.6. The number of thiocarbonyl (C=S) groups is 1. The van der Waals surface area contributed by atoms with E-state index in [1.54, 1.807) is 21.3 Å². The van der Waals surface area contributed by atoms with E-state index in [0.29, 0.717) is 18.5 Å². The summed E-state index contributed by atoms with van der Waals surface area (Å²) in [6.07, 6.45) is 0.859. The van der Waals surface area contributed by atoms with E-state index < -0.39 is 8.80 Å². The first-order chi connectivity index (χ1) is 8.64. The number of hydrogen-bond acceptors (Lipinski definition) is 5. The molecule has 0 aliphatic heterocycles. The van der Waals surface area contributed by atoms with Gasteiger partial charge in [-0.05, 0) is 25.6 Å². The summed E-state index contributed by atoms with van der Waals surface area (Å²) in [4.78, 5) is 0. The lowest BCUT2D eigenvalue weighted by molar-refractivity contribution is 0.123. The van der Waals surface area contributed by atoms with Gasteiger partial charge in [0.1, 0.15) is 6.73 Å². The van der Waals surface area contributed by atoms with Gasteiger partial charge in [-0.15, -0.1) is 0 Å². The summed E-state index contributed by atoms with van der Waals surface area (Å²) in [5.74, 6) is 0. The zero-order chi connectivity index (χ0) is 13.9. The van der Waals surface area contributed by atoms with Crippen molar-refractivity contribution in [2.45, 2.75) is 19.4 Å². The van der Waals surface area contributed by atoms with Crippen LogP contribution < -0.4 is 10.6 Å². The molecular formula is C10H24N2O4SSi. The maximum atomic E-state index is 5.32. The van der Waals surface area contributed by atoms with Gasteiger partial charge in [-0.25, -0.2) is 0 Å². The molecule has 6 nitrogen and oxygen atoms in total. The Morgan fingerprint density at radius 3 is 2.22 bits per heavy atom. The van der Waals surface area contributed by atoms with E-state index in [-0.39, 0.29) is 0 Å². The van der Waals surface area contributed by atoms with Gasteiger partial charge >= 0.3 is 8.80 Å². The zero-order valence-corrected chi connectivity index (χ0v) is 13.4. The van der Waals surface area contributed by atoms with Gasteiger partial charge in [0.2, 0.25) is 0 Å². The fourth-order valence-corrected chi connectivity index (χ4v) is 3.23. The van der Waals surface area contributed by atoms with Gasteiger partial charge in [-0.2, -0.15) is 0 Å². The average molecular weight is 296 g/mol. The highest BCUT2D eigenvalue weighted by Gasteiger charge is 2.36. The molecule has 0 unspecified atom stereocenters. The van der Waals surface area contributed by atoms with E-state index in [4.69, 9.17) is 30.2 Å². The van der Waals surface area contributed by atoms with E-state index in [2.05, 4.69) is 10.6 Å². The lowest BCUT2D eigenvalue weighted by Crippen LogP contribution is -2.44. The molecule has 0 aliphatic carbocycles. The summed E-state index contributed by atoms with van der Waals surface area (Å²) < 4.78 is 21.1. The lowest BCUT2D eigenvalue weighted by atomic mass is 10.5. The predicted octanol–water partition coefficient (Wildman–Crippen LogP) is 0.713. The van der Waals surface area contributed by atoms with Crippen LogP contribution in [0.1, 0.15) is 13.3 Å². The predicted molar refractivity (Wildman–Crippen MR) is 76.4 cm³/mol. The largest absolute Gasteiger partial charge is 0.500 e. The molecule has 0 saturated carbocycles. The summed E-state index contributed by atoms with van der Waals surface area (Å²) in [6.45, 7) is 3.76. The molecule has 0 saturated heterocycles. The van der Waals surface area contributed by atoms with E-state index in [9.17, 15) is 0 Å². The molecule has 0 radical (unpaired) electrons. The molecule has 18 heavy (non-hydrogen) atoms. The Balaban J connectivity index is 3.68. The fraction of sp³-hybridized carbons (Fsp3) is 0.900. The van der Waals surface area contributed by atoms with Crippen molar-refractivity contribution in [1.82, 2.24) is 10.6 Å². The van der Waals surface area contributed by atoms with Crippen LogP contribution in [0.25, 0.3) is 0 Å². The Hall–Kier alpha value is -0.253. The van der Waals surface area contributed by atoms with Crippen LogP contribution in [0.5, 0.6) is 0 Å². The van der Waals surface area contributed by atoms with Gasteiger partial charge in [0.05, 0.1) is 0 Å². The normalized spacial score (nSPS) is 11.3. The summed E-state index contributed by atoms with van der Waals surface area (Å²) in [6, 6.07) is 0.748. The molecule has 108 valence electrons. The highest BCUT2D eigenvalue weighted by Crippen LogP contribution is 2.14. The molecule has 0 amide bonds. The summed E-state index contributed by atoms with van der Waals surface area (Å²) in [7, 11) is 2.39. The first-order valence-electron chi connectivity index (χ1n) is 5.89. The number of rotatable bonds is 10. The maximum absolute atomic E-state index is 5.32. The van der Waals surface area contributed by atoms with Gasteiger partial charge < -0.3 is 28.6 Å². The van der Waals surface area contributed by atoms with Crippen LogP contribution in [-0.2, 0) is 18.0 Å². The van der Waals surface area contributed by atoms with Gasteiger partial charge in [0.15, 0.2) is 5.11 Å². The molecule has 0 rings (SSSR count). The Bertz CT molecular complexity index is 222. The van der Waals surface area contributed by atoms with Crippen LogP contribution in [0.3, 0.4) is 0 Å². The van der Waals surface area contributed by atoms with Crippen LogP contribution in [0.2, 0.25) is 6.04 Å². The quantitative estimate of drug-likeness (QED) is 0.266. The third-order valence-electron chi connectivity index (χ3n) is 2.42. The van der Waals surface area contributed by atoms with Crippen molar-refractivity contribution in [3.63, 3.8) is 0 Å². The molecule has 0 bridgehead atoms. The number of nitrogens with one attached hydrogen (secondary N) is 2. The van der Waals surface area contributed by atoms with E-state index in [1.165, 1.54) is 0 Å². The molecule has 0 aromatic carbocycles. The molecule has 8 heteroatoms. The Labute approximate surface area is 116 Å². The van der Waals surface area contributed by atoms with Crippen LogP contribution in [0.4, 0.5) is 0 Å². The zero-order valence-electron chi connectivity index (χ0n) is 11.6. The minimum atomic E-state index is -2.45. The second-order valence-corrected chi connectivity index (χ2v) is 6.97. The monoisotopic (exact) mass is 296 g/mol. The molecule has 0 heterocycles. The maximum Gasteiger partial charge on any atom is 0.500 e. The summed E-state index contributed by atoms with van der Waals surface area (Å²) in [5, 5.41) is 6.61. The molecule has 0 atom stereocenters. The molecule has 0 spiro atoms. The molecule has 0 aliphatic rings. The van der Waals surface area contributed by atoms with Gasteiger partial charge in [-0.3, -0.25) is 0 Å². The van der Waals surface area contributed by atoms with Crippen LogP contribution in [-0.4, -0.2) is 55.1 Å². The number of hydrogen-bond donors (Lipinski definition) is 2. The summed E-state index contributed by atoms with van der Waals surface area (Å²) >= 11 is 5.07. The minimum absolute atomic E-state index is 0.426. The molecule has 0 aromatic rings. The Morgan fingerprint density at radius 2 is 1.72 bits per heavy atom. The van der Waals surface area contributed by atoms with Gasteiger partial charge in [0.25, 0.3) is 0 Å². The van der Waals surface area contributed by atoms with Crippen molar-refractivity contribution < 1.29 is 18.0 Å². The Morgan fingerprint density at radius 1 is 1.11 bits per heavy atom. The third-order valence-corrected chi connectivity index (χ3v) is 5.54.